The van der Waals surface area contributed by atoms with Crippen molar-refractivity contribution in [3.63, 3.8) is 0 Å². The van der Waals surface area contributed by atoms with Gasteiger partial charge in [-0.15, -0.1) is 0 Å². The third kappa shape index (κ3) is 2.11. The van der Waals surface area contributed by atoms with Crippen LogP contribution >= 0.6 is 0 Å². The van der Waals surface area contributed by atoms with Crippen molar-refractivity contribution >= 4 is 26.3 Å². The van der Waals surface area contributed by atoms with E-state index in [9.17, 15) is 8.42 Å². The molecule has 0 saturated carbocycles. The molecule has 0 saturated heterocycles. The average molecular weight is 259 g/mol. The molecule has 2 aromatic carbocycles. The molecule has 1 aliphatic rings. The second kappa shape index (κ2) is 4.14. The van der Waals surface area contributed by atoms with Gasteiger partial charge in [-0.3, -0.25) is 0 Å². The van der Waals surface area contributed by atoms with Crippen LogP contribution in [0.15, 0.2) is 53.9 Å². The molecule has 1 heterocycles. The van der Waals surface area contributed by atoms with E-state index >= 15 is 0 Å². The third-order valence-electron chi connectivity index (χ3n) is 3.06. The van der Waals surface area contributed by atoms with Crippen LogP contribution in [0.1, 0.15) is 0 Å². The van der Waals surface area contributed by atoms with E-state index in [0.29, 0.717) is 0 Å². The average Bonchev–Trinajstić information content (AvgIpc) is 2.69. The zero-order chi connectivity index (χ0) is 12.6. The molecule has 0 spiro atoms. The first-order valence-corrected chi connectivity index (χ1v) is 7.51. The van der Waals surface area contributed by atoms with Crippen LogP contribution in [0, 0.1) is 0 Å². The van der Waals surface area contributed by atoms with Crippen molar-refractivity contribution in [3.8, 4) is 0 Å². The van der Waals surface area contributed by atoms with Gasteiger partial charge in [0.05, 0.1) is 11.8 Å². The number of nitrogens with one attached hydrogen (secondary N) is 1. The Hall–Kier alpha value is -1.81. The Labute approximate surface area is 106 Å². The molecule has 18 heavy (non-hydrogen) atoms. The van der Waals surface area contributed by atoms with Crippen molar-refractivity contribution < 1.29 is 8.42 Å². The molecule has 1 N–H and O–H groups in total. The normalized spacial score (nSPS) is 21.2. The van der Waals surface area contributed by atoms with Gasteiger partial charge < -0.3 is 5.32 Å². The fraction of sp³-hybridized carbons (Fsp3) is 0.143. The van der Waals surface area contributed by atoms with Gasteiger partial charge in [-0.1, -0.05) is 42.5 Å². The fourth-order valence-corrected chi connectivity index (χ4v) is 3.45. The van der Waals surface area contributed by atoms with Gasteiger partial charge >= 0.3 is 0 Å². The summed E-state index contributed by atoms with van der Waals surface area (Å²) in [5.74, 6) is 0.135. The lowest BCUT2D eigenvalue weighted by Gasteiger charge is -2.13. The fourth-order valence-electron chi connectivity index (χ4n) is 2.22. The van der Waals surface area contributed by atoms with Crippen molar-refractivity contribution in [2.45, 2.75) is 6.04 Å². The molecule has 3 nitrogen and oxygen atoms in total. The molecule has 0 unspecified atom stereocenters. The van der Waals surface area contributed by atoms with E-state index in [2.05, 4.69) is 5.32 Å². The molecule has 3 rings (SSSR count). The molecular formula is C14H13NO2S. The smallest absolute Gasteiger partial charge is 0.173 e. The molecule has 2 aromatic rings. The molecule has 0 amide bonds. The van der Waals surface area contributed by atoms with Gasteiger partial charge in [-0.2, -0.15) is 0 Å². The lowest BCUT2D eigenvalue weighted by atomic mass is 10.1. The number of anilines is 1. The lowest BCUT2D eigenvalue weighted by molar-refractivity contribution is 0.605. The third-order valence-corrected chi connectivity index (χ3v) is 4.46. The van der Waals surface area contributed by atoms with Crippen LogP contribution in [0.3, 0.4) is 0 Å². The molecule has 1 atom stereocenters. The summed E-state index contributed by atoms with van der Waals surface area (Å²) in [6, 6.07) is 13.9. The maximum absolute atomic E-state index is 11.4. The molecule has 1 aliphatic heterocycles. The number of rotatable bonds is 2. The maximum Gasteiger partial charge on any atom is 0.173 e. The standard InChI is InChI=1S/C14H13NO2S/c16-18(17)9-8-12(10-18)15-14-7-3-5-11-4-1-2-6-13(11)14/h1-9,12,15H,10H2/t12-/m1/s1. The lowest BCUT2D eigenvalue weighted by Crippen LogP contribution is -2.20. The summed E-state index contributed by atoms with van der Waals surface area (Å²) in [4.78, 5) is 0. The topological polar surface area (TPSA) is 46.2 Å². The molecule has 4 heteroatoms. The highest BCUT2D eigenvalue weighted by atomic mass is 32.2. The largest absolute Gasteiger partial charge is 0.377 e. The number of sulfone groups is 1. The Bertz CT molecular complexity index is 714. The summed E-state index contributed by atoms with van der Waals surface area (Å²) in [5.41, 5.74) is 0.972. The summed E-state index contributed by atoms with van der Waals surface area (Å²) < 4.78 is 22.7. The summed E-state index contributed by atoms with van der Waals surface area (Å²) in [6.07, 6.45) is 1.71. The zero-order valence-electron chi connectivity index (χ0n) is 9.71. The van der Waals surface area contributed by atoms with Crippen LogP contribution in [0.5, 0.6) is 0 Å². The SMILES string of the molecule is O=S1(=O)C=C[C@@H](Nc2cccc3ccccc23)C1. The van der Waals surface area contributed by atoms with Crippen molar-refractivity contribution in [1.82, 2.24) is 0 Å². The van der Waals surface area contributed by atoms with Gasteiger partial charge in [0.15, 0.2) is 9.84 Å². The first kappa shape index (κ1) is 11.3. The minimum atomic E-state index is -3.01. The number of hydrogen-bond acceptors (Lipinski definition) is 3. The van der Waals surface area contributed by atoms with Gasteiger partial charge in [0.2, 0.25) is 0 Å². The predicted octanol–water partition coefficient (Wildman–Crippen LogP) is 2.56. The Morgan fingerprint density at radius 2 is 1.83 bits per heavy atom. The predicted molar refractivity (Wildman–Crippen MR) is 74.3 cm³/mol. The second-order valence-corrected chi connectivity index (χ2v) is 6.37. The highest BCUT2D eigenvalue weighted by molar-refractivity contribution is 7.94. The summed E-state index contributed by atoms with van der Waals surface area (Å²) >= 11 is 0. The molecule has 92 valence electrons. The van der Waals surface area contributed by atoms with E-state index in [1.165, 1.54) is 5.41 Å². The van der Waals surface area contributed by atoms with Gasteiger partial charge in [0.25, 0.3) is 0 Å². The number of fused-ring (bicyclic) bond motifs is 1. The van der Waals surface area contributed by atoms with Crippen LogP contribution in [-0.4, -0.2) is 20.2 Å². The van der Waals surface area contributed by atoms with Gasteiger partial charge in [0, 0.05) is 16.5 Å². The van der Waals surface area contributed by atoms with E-state index in [0.717, 1.165) is 16.5 Å². The molecule has 0 fully saturated rings. The number of hydrogen-bond donors (Lipinski definition) is 1. The zero-order valence-corrected chi connectivity index (χ0v) is 10.5. The van der Waals surface area contributed by atoms with E-state index in [-0.39, 0.29) is 11.8 Å². The van der Waals surface area contributed by atoms with Gasteiger partial charge in [0.1, 0.15) is 0 Å². The summed E-state index contributed by atoms with van der Waals surface area (Å²) in [7, 11) is -3.01. The molecule has 0 radical (unpaired) electrons. The van der Waals surface area contributed by atoms with E-state index < -0.39 is 9.84 Å². The Kier molecular flexibility index (Phi) is 2.59. The van der Waals surface area contributed by atoms with Crippen LogP contribution < -0.4 is 5.32 Å². The van der Waals surface area contributed by atoms with E-state index in [4.69, 9.17) is 0 Å². The Morgan fingerprint density at radius 3 is 2.61 bits per heavy atom. The first-order chi connectivity index (χ1) is 8.64. The first-order valence-electron chi connectivity index (χ1n) is 5.79. The summed E-state index contributed by atoms with van der Waals surface area (Å²) in [5, 5.41) is 6.82. The van der Waals surface area contributed by atoms with Crippen LogP contribution in [0.4, 0.5) is 5.69 Å². The van der Waals surface area contributed by atoms with Gasteiger partial charge in [-0.05, 0) is 11.5 Å². The van der Waals surface area contributed by atoms with E-state index in [1.807, 2.05) is 42.5 Å². The van der Waals surface area contributed by atoms with Crippen LogP contribution in [-0.2, 0) is 9.84 Å². The summed E-state index contributed by atoms with van der Waals surface area (Å²) in [6.45, 7) is 0. The highest BCUT2D eigenvalue weighted by Gasteiger charge is 2.21. The molecule has 0 aliphatic carbocycles. The van der Waals surface area contributed by atoms with Crippen molar-refractivity contribution in [2.75, 3.05) is 11.1 Å². The maximum atomic E-state index is 11.4. The molecular weight excluding hydrogens is 246 g/mol. The van der Waals surface area contributed by atoms with Crippen LogP contribution in [0.25, 0.3) is 10.8 Å². The van der Waals surface area contributed by atoms with E-state index in [1.54, 1.807) is 6.08 Å². The molecule has 0 aromatic heterocycles. The number of benzene rings is 2. The van der Waals surface area contributed by atoms with Gasteiger partial charge in [-0.25, -0.2) is 8.42 Å². The monoisotopic (exact) mass is 259 g/mol. The second-order valence-electron chi connectivity index (χ2n) is 4.44. The van der Waals surface area contributed by atoms with Crippen molar-refractivity contribution in [3.05, 3.63) is 53.9 Å². The van der Waals surface area contributed by atoms with Crippen molar-refractivity contribution in [1.29, 1.82) is 0 Å². The minimum Gasteiger partial charge on any atom is -0.377 e. The highest BCUT2D eigenvalue weighted by Crippen LogP contribution is 2.24. The van der Waals surface area contributed by atoms with Crippen LogP contribution in [0.2, 0.25) is 0 Å². The van der Waals surface area contributed by atoms with Crippen molar-refractivity contribution in [2.24, 2.45) is 0 Å². The quantitative estimate of drug-likeness (QED) is 0.901. The molecule has 0 bridgehead atoms. The Morgan fingerprint density at radius 1 is 1.06 bits per heavy atom. The minimum absolute atomic E-state index is 0.135. The Balaban J connectivity index is 1.94.